The Kier molecular flexibility index (Phi) is 8.68. The molecule has 0 aliphatic carbocycles. The Balaban J connectivity index is 1.77. The number of carbonyl (C=O) groups excluding carboxylic acids is 1. The largest absolute Gasteiger partial charge is 0.497 e. The number of nitrogens with zero attached hydrogens (tertiary/aromatic N) is 2. The Morgan fingerprint density at radius 3 is 2.76 bits per heavy atom. The van der Waals surface area contributed by atoms with Crippen LogP contribution in [0.1, 0.15) is 18.0 Å². The number of H-pyrrole nitrogens is 1. The number of aromatic amines is 1. The first-order chi connectivity index (χ1) is 16.0. The van der Waals surface area contributed by atoms with Gasteiger partial charge in [0.15, 0.2) is 0 Å². The fourth-order valence-electron chi connectivity index (χ4n) is 3.30. The van der Waals surface area contributed by atoms with E-state index in [0.29, 0.717) is 30.2 Å². The van der Waals surface area contributed by atoms with Gasteiger partial charge in [-0.15, -0.1) is 0 Å². The van der Waals surface area contributed by atoms with Crippen molar-refractivity contribution in [2.75, 3.05) is 46.3 Å². The van der Waals surface area contributed by atoms with E-state index in [1.165, 1.54) is 0 Å². The van der Waals surface area contributed by atoms with Crippen LogP contribution < -0.4 is 20.1 Å². The minimum absolute atomic E-state index is 0.0690. The summed E-state index contributed by atoms with van der Waals surface area (Å²) in [5.41, 5.74) is 3.23. The Bertz CT molecular complexity index is 1020. The van der Waals surface area contributed by atoms with Crippen molar-refractivity contribution in [3.63, 3.8) is 0 Å². The molecule has 176 valence electrons. The van der Waals surface area contributed by atoms with Crippen molar-refractivity contribution >= 4 is 11.7 Å². The first kappa shape index (κ1) is 24.1. The van der Waals surface area contributed by atoms with E-state index >= 15 is 0 Å². The average Bonchev–Trinajstić information content (AvgIpc) is 3.34. The van der Waals surface area contributed by atoms with Crippen LogP contribution in [0.2, 0.25) is 0 Å². The third-order valence-corrected chi connectivity index (χ3v) is 5.08. The van der Waals surface area contributed by atoms with Gasteiger partial charge in [0.05, 0.1) is 25.0 Å². The van der Waals surface area contributed by atoms with Crippen LogP contribution in [0.15, 0.2) is 54.9 Å². The zero-order valence-corrected chi connectivity index (χ0v) is 19.2. The summed E-state index contributed by atoms with van der Waals surface area (Å²) < 4.78 is 11.3. The molecule has 0 bridgehead atoms. The quantitative estimate of drug-likeness (QED) is 0.355. The van der Waals surface area contributed by atoms with E-state index in [9.17, 15) is 9.90 Å². The minimum Gasteiger partial charge on any atom is -0.497 e. The number of aliphatic hydroxyl groups is 1. The highest BCUT2D eigenvalue weighted by atomic mass is 16.5. The molecule has 0 aliphatic heterocycles. The highest BCUT2D eigenvalue weighted by molar-refractivity contribution is 5.91. The molecular weight excluding hydrogens is 422 g/mol. The molecule has 9 heteroatoms. The number of hydrogen-bond donors (Lipinski definition) is 4. The number of amides is 2. The zero-order chi connectivity index (χ0) is 23.6. The number of aromatic nitrogens is 2. The SMILES string of the molecule is COc1cccc(C(CCO)NC(=O)Nc2ccc(-c3cn[nH]c3)cc2OCCN(C)C)c1. The second-order valence-electron chi connectivity index (χ2n) is 7.79. The monoisotopic (exact) mass is 453 g/mol. The van der Waals surface area contributed by atoms with Gasteiger partial charge >= 0.3 is 6.03 Å². The van der Waals surface area contributed by atoms with E-state index in [1.807, 2.05) is 55.4 Å². The Morgan fingerprint density at radius 2 is 2.06 bits per heavy atom. The zero-order valence-electron chi connectivity index (χ0n) is 19.2. The molecule has 0 saturated heterocycles. The Hall–Kier alpha value is -3.56. The van der Waals surface area contributed by atoms with Crippen LogP contribution in [0, 0.1) is 0 Å². The van der Waals surface area contributed by atoms with Gasteiger partial charge in [-0.05, 0) is 55.9 Å². The number of aliphatic hydroxyl groups excluding tert-OH is 1. The minimum atomic E-state index is -0.398. The van der Waals surface area contributed by atoms with Gasteiger partial charge in [0.25, 0.3) is 0 Å². The molecule has 9 nitrogen and oxygen atoms in total. The normalized spacial score (nSPS) is 11.8. The van der Waals surface area contributed by atoms with Crippen LogP contribution in [0.25, 0.3) is 11.1 Å². The second-order valence-corrected chi connectivity index (χ2v) is 7.79. The Labute approximate surface area is 193 Å². The molecule has 2 aromatic carbocycles. The number of likely N-dealkylation sites (N-methyl/N-ethyl adjacent to an activating group) is 1. The summed E-state index contributed by atoms with van der Waals surface area (Å²) in [6.07, 6.45) is 3.89. The van der Waals surface area contributed by atoms with Crippen molar-refractivity contribution in [1.82, 2.24) is 20.4 Å². The lowest BCUT2D eigenvalue weighted by Gasteiger charge is -2.20. The Morgan fingerprint density at radius 1 is 1.21 bits per heavy atom. The molecule has 3 rings (SSSR count). The molecule has 1 heterocycles. The van der Waals surface area contributed by atoms with Gasteiger partial charge < -0.3 is 30.1 Å². The van der Waals surface area contributed by atoms with Crippen molar-refractivity contribution in [1.29, 1.82) is 0 Å². The molecule has 0 saturated carbocycles. The van der Waals surface area contributed by atoms with Gasteiger partial charge in [-0.2, -0.15) is 5.10 Å². The molecule has 33 heavy (non-hydrogen) atoms. The van der Waals surface area contributed by atoms with Gasteiger partial charge in [-0.25, -0.2) is 4.79 Å². The predicted octanol–water partition coefficient (Wildman–Crippen LogP) is 3.27. The van der Waals surface area contributed by atoms with Gasteiger partial charge in [0, 0.05) is 24.9 Å². The van der Waals surface area contributed by atoms with Crippen LogP contribution in [0.3, 0.4) is 0 Å². The topological polar surface area (TPSA) is 112 Å². The van der Waals surface area contributed by atoms with E-state index in [-0.39, 0.29) is 12.6 Å². The summed E-state index contributed by atoms with van der Waals surface area (Å²) in [5.74, 6) is 1.25. The van der Waals surface area contributed by atoms with Crippen molar-refractivity contribution < 1.29 is 19.4 Å². The summed E-state index contributed by atoms with van der Waals surface area (Å²) in [5, 5.41) is 22.1. The molecule has 4 N–H and O–H groups in total. The molecule has 2 amide bonds. The number of nitrogens with one attached hydrogen (secondary N) is 3. The van der Waals surface area contributed by atoms with Crippen LogP contribution in [-0.4, -0.2) is 67.2 Å². The third-order valence-electron chi connectivity index (χ3n) is 5.08. The highest BCUT2D eigenvalue weighted by Gasteiger charge is 2.17. The molecule has 1 atom stereocenters. The summed E-state index contributed by atoms with van der Waals surface area (Å²) in [4.78, 5) is 14.9. The lowest BCUT2D eigenvalue weighted by Crippen LogP contribution is -2.33. The van der Waals surface area contributed by atoms with E-state index < -0.39 is 6.03 Å². The number of benzene rings is 2. The van der Waals surface area contributed by atoms with E-state index in [0.717, 1.165) is 23.2 Å². The molecular formula is C24H31N5O4. The van der Waals surface area contributed by atoms with Gasteiger partial charge in [0.2, 0.25) is 0 Å². The van der Waals surface area contributed by atoms with Crippen molar-refractivity contribution in [2.24, 2.45) is 0 Å². The lowest BCUT2D eigenvalue weighted by molar-refractivity contribution is 0.238. The van der Waals surface area contributed by atoms with Crippen LogP contribution in [-0.2, 0) is 0 Å². The molecule has 3 aromatic rings. The standard InChI is InChI=1S/C24H31N5O4/c1-29(2)10-12-33-23-14-17(19-15-25-26-16-19)7-8-22(23)28-24(31)27-21(9-11-30)18-5-4-6-20(13-18)32-3/h4-8,13-16,21,30H,9-12H2,1-3H3,(H,25,26)(H2,27,28,31). The van der Waals surface area contributed by atoms with Gasteiger partial charge in [0.1, 0.15) is 18.1 Å². The molecule has 1 aromatic heterocycles. The van der Waals surface area contributed by atoms with E-state index in [2.05, 4.69) is 20.8 Å². The maximum Gasteiger partial charge on any atom is 0.319 e. The third kappa shape index (κ3) is 6.96. The molecule has 0 spiro atoms. The molecule has 0 radical (unpaired) electrons. The van der Waals surface area contributed by atoms with E-state index in [1.54, 1.807) is 25.6 Å². The van der Waals surface area contributed by atoms with Gasteiger partial charge in [-0.1, -0.05) is 18.2 Å². The summed E-state index contributed by atoms with van der Waals surface area (Å²) in [6.45, 7) is 1.13. The maximum absolute atomic E-state index is 12.9. The molecule has 0 fully saturated rings. The summed E-state index contributed by atoms with van der Waals surface area (Å²) >= 11 is 0. The lowest BCUT2D eigenvalue weighted by atomic mass is 10.0. The van der Waals surface area contributed by atoms with E-state index in [4.69, 9.17) is 9.47 Å². The second kappa shape index (κ2) is 11.9. The van der Waals surface area contributed by atoms with Crippen molar-refractivity contribution in [3.05, 3.63) is 60.4 Å². The van der Waals surface area contributed by atoms with Crippen LogP contribution >= 0.6 is 0 Å². The van der Waals surface area contributed by atoms with Crippen LogP contribution in [0.4, 0.5) is 10.5 Å². The summed E-state index contributed by atoms with van der Waals surface area (Å²) in [6, 6.07) is 12.2. The fourth-order valence-corrected chi connectivity index (χ4v) is 3.30. The number of rotatable bonds is 11. The number of methoxy groups -OCH3 is 1. The van der Waals surface area contributed by atoms with Crippen LogP contribution in [0.5, 0.6) is 11.5 Å². The number of anilines is 1. The number of urea groups is 1. The first-order valence-corrected chi connectivity index (χ1v) is 10.7. The fraction of sp³-hybridized carbons (Fsp3) is 0.333. The number of carbonyl (C=O) groups is 1. The molecule has 0 aliphatic rings. The highest BCUT2D eigenvalue weighted by Crippen LogP contribution is 2.31. The number of ether oxygens (including phenoxy) is 2. The number of hydrogen-bond acceptors (Lipinski definition) is 6. The first-order valence-electron chi connectivity index (χ1n) is 10.7. The maximum atomic E-state index is 12.9. The van der Waals surface area contributed by atoms with Crippen molar-refractivity contribution in [3.8, 4) is 22.6 Å². The van der Waals surface area contributed by atoms with Gasteiger partial charge in [-0.3, -0.25) is 5.10 Å². The predicted molar refractivity (Wildman–Crippen MR) is 128 cm³/mol. The smallest absolute Gasteiger partial charge is 0.319 e. The molecule has 1 unspecified atom stereocenters. The van der Waals surface area contributed by atoms with Crippen molar-refractivity contribution in [2.45, 2.75) is 12.5 Å². The average molecular weight is 454 g/mol. The summed E-state index contributed by atoms with van der Waals surface area (Å²) in [7, 11) is 5.53.